The molecule has 2 aromatic heterocycles. The molecule has 2 N–H and O–H groups in total. The third kappa shape index (κ3) is 6.38. The quantitative estimate of drug-likeness (QED) is 0.0828. The fourth-order valence-corrected chi connectivity index (χ4v) is 7.33. The summed E-state index contributed by atoms with van der Waals surface area (Å²) in [7, 11) is 0. The van der Waals surface area contributed by atoms with E-state index in [-0.39, 0.29) is 6.61 Å². The van der Waals surface area contributed by atoms with Gasteiger partial charge in [-0.15, -0.1) is 22.7 Å². The molecular formula is C30H26ClN3O6S2. The summed E-state index contributed by atoms with van der Waals surface area (Å²) in [5, 5.41) is 7.85. The summed E-state index contributed by atoms with van der Waals surface area (Å²) in [5.41, 5.74) is 3.98. The number of esters is 2. The minimum atomic E-state index is -0.994. The Labute approximate surface area is 254 Å². The van der Waals surface area contributed by atoms with Crippen LogP contribution in [0.25, 0.3) is 10.1 Å². The number of nitrogens with one attached hydrogen (secondary N) is 2. The first-order valence-corrected chi connectivity index (χ1v) is 15.2. The molecule has 216 valence electrons. The van der Waals surface area contributed by atoms with Gasteiger partial charge < -0.3 is 14.8 Å². The molecule has 0 radical (unpaired) electrons. The Morgan fingerprint density at radius 2 is 1.81 bits per heavy atom. The number of carbonyl (C=O) groups is 4. The van der Waals surface area contributed by atoms with Gasteiger partial charge in [0.15, 0.2) is 0 Å². The number of hydrogen-bond donors (Lipinski definition) is 2. The monoisotopic (exact) mass is 623 g/mol. The van der Waals surface area contributed by atoms with Crippen molar-refractivity contribution in [3.63, 3.8) is 0 Å². The smallest absolute Gasteiger partial charge is 0.355 e. The summed E-state index contributed by atoms with van der Waals surface area (Å²) in [6.07, 6.45) is 3.79. The Bertz CT molecular complexity index is 1710. The Hall–Kier alpha value is -4.06. The molecule has 0 bridgehead atoms. The average molecular weight is 624 g/mol. The second kappa shape index (κ2) is 12.8. The van der Waals surface area contributed by atoms with Crippen molar-refractivity contribution in [2.75, 3.05) is 11.9 Å². The highest BCUT2D eigenvalue weighted by Gasteiger charge is 2.30. The number of amides is 2. The van der Waals surface area contributed by atoms with Crippen LogP contribution in [0.4, 0.5) is 5.00 Å². The molecule has 1 atom stereocenters. The number of ether oxygens (including phenoxy) is 2. The third-order valence-electron chi connectivity index (χ3n) is 6.62. The zero-order valence-electron chi connectivity index (χ0n) is 22.7. The maximum Gasteiger partial charge on any atom is 0.355 e. The van der Waals surface area contributed by atoms with Gasteiger partial charge in [-0.1, -0.05) is 36.7 Å². The van der Waals surface area contributed by atoms with Crippen molar-refractivity contribution in [2.45, 2.75) is 33.1 Å². The summed E-state index contributed by atoms with van der Waals surface area (Å²) < 4.78 is 11.6. The lowest BCUT2D eigenvalue weighted by Gasteiger charge is -2.18. The van der Waals surface area contributed by atoms with E-state index < -0.39 is 23.8 Å². The highest BCUT2D eigenvalue weighted by molar-refractivity contribution is 7.21. The van der Waals surface area contributed by atoms with Crippen molar-refractivity contribution in [1.82, 2.24) is 5.43 Å². The van der Waals surface area contributed by atoms with E-state index in [0.29, 0.717) is 44.1 Å². The molecule has 0 fully saturated rings. The van der Waals surface area contributed by atoms with Gasteiger partial charge in [-0.25, -0.2) is 15.0 Å². The molecule has 1 aliphatic rings. The van der Waals surface area contributed by atoms with Crippen molar-refractivity contribution in [3.05, 3.63) is 80.0 Å². The third-order valence-corrected chi connectivity index (χ3v) is 9.44. The fraction of sp³-hybridized carbons (Fsp3) is 0.233. The maximum atomic E-state index is 12.7. The second-order valence-corrected chi connectivity index (χ2v) is 12.2. The van der Waals surface area contributed by atoms with Crippen molar-refractivity contribution in [3.8, 4) is 5.75 Å². The molecule has 1 unspecified atom stereocenters. The van der Waals surface area contributed by atoms with Crippen molar-refractivity contribution >= 4 is 79.3 Å². The Kier molecular flexibility index (Phi) is 9.00. The zero-order chi connectivity index (χ0) is 29.8. The number of thiophene rings is 2. The predicted octanol–water partition coefficient (Wildman–Crippen LogP) is 6.23. The van der Waals surface area contributed by atoms with Gasteiger partial charge >= 0.3 is 23.8 Å². The number of carbonyl (C=O) groups excluding carboxylic acids is 4. The van der Waals surface area contributed by atoms with Crippen LogP contribution >= 0.6 is 34.3 Å². The van der Waals surface area contributed by atoms with E-state index in [0.717, 1.165) is 33.4 Å². The van der Waals surface area contributed by atoms with Crippen LogP contribution in [0.2, 0.25) is 5.02 Å². The summed E-state index contributed by atoms with van der Waals surface area (Å²) >= 11 is 8.92. The van der Waals surface area contributed by atoms with Crippen molar-refractivity contribution in [1.29, 1.82) is 0 Å². The van der Waals surface area contributed by atoms with Crippen LogP contribution in [0.3, 0.4) is 0 Å². The average Bonchev–Trinajstić information content (AvgIpc) is 3.50. The van der Waals surface area contributed by atoms with Crippen molar-refractivity contribution in [2.24, 2.45) is 11.0 Å². The molecule has 0 spiro atoms. The standard InChI is InChI=1S/C30H26ClN3O6S2/c1-3-39-29(37)23-19-13-8-16(2)14-22(19)42-28(23)33-26(35)27(36)34-32-15-17-9-11-18(12-10-17)40-30(38)25-24(31)20-6-4-5-7-21(20)41-25/h4-7,9-12,15-16H,3,8,13-14H2,1-2H3,(H,33,35)(H,34,36). The first-order valence-electron chi connectivity index (χ1n) is 13.2. The SMILES string of the molecule is CCOC(=O)c1c(NC(=O)C(=O)NN=Cc2ccc(OC(=O)c3sc4ccccc4c3Cl)cc2)sc2c1CCC(C)C2. The van der Waals surface area contributed by atoms with E-state index in [1.165, 1.54) is 28.9 Å². The molecule has 4 aromatic rings. The van der Waals surface area contributed by atoms with E-state index in [4.69, 9.17) is 21.1 Å². The van der Waals surface area contributed by atoms with E-state index >= 15 is 0 Å². The molecule has 1 aliphatic carbocycles. The van der Waals surface area contributed by atoms with Gasteiger partial charge in [-0.2, -0.15) is 5.10 Å². The number of anilines is 1. The topological polar surface area (TPSA) is 123 Å². The summed E-state index contributed by atoms with van der Waals surface area (Å²) in [6.45, 7) is 4.05. The van der Waals surface area contributed by atoms with Gasteiger partial charge in [0.1, 0.15) is 15.6 Å². The molecule has 5 rings (SSSR count). The number of rotatable bonds is 7. The molecule has 12 heteroatoms. The lowest BCUT2D eigenvalue weighted by Crippen LogP contribution is -2.32. The summed E-state index contributed by atoms with van der Waals surface area (Å²) in [4.78, 5) is 51.7. The lowest BCUT2D eigenvalue weighted by molar-refractivity contribution is -0.136. The van der Waals surface area contributed by atoms with Crippen LogP contribution in [0, 0.1) is 5.92 Å². The highest BCUT2D eigenvalue weighted by Crippen LogP contribution is 2.40. The van der Waals surface area contributed by atoms with Gasteiger partial charge in [0.05, 0.1) is 23.4 Å². The van der Waals surface area contributed by atoms with Crippen molar-refractivity contribution < 1.29 is 28.7 Å². The predicted molar refractivity (Wildman–Crippen MR) is 164 cm³/mol. The van der Waals surface area contributed by atoms with Crippen LogP contribution in [-0.2, 0) is 27.2 Å². The maximum absolute atomic E-state index is 12.7. The minimum absolute atomic E-state index is 0.201. The molecule has 0 aliphatic heterocycles. The molecule has 2 amide bonds. The summed E-state index contributed by atoms with van der Waals surface area (Å²) in [5.74, 6) is -2.25. The molecule has 9 nitrogen and oxygen atoms in total. The zero-order valence-corrected chi connectivity index (χ0v) is 25.1. The summed E-state index contributed by atoms with van der Waals surface area (Å²) in [6, 6.07) is 13.9. The molecular weight excluding hydrogens is 598 g/mol. The number of halogens is 1. The minimum Gasteiger partial charge on any atom is -0.462 e. The number of fused-ring (bicyclic) bond motifs is 2. The molecule has 42 heavy (non-hydrogen) atoms. The van der Waals surface area contributed by atoms with E-state index in [1.54, 1.807) is 31.2 Å². The van der Waals surface area contributed by atoms with E-state index in [1.807, 2.05) is 24.3 Å². The van der Waals surface area contributed by atoms with E-state index in [2.05, 4.69) is 22.8 Å². The fourth-order valence-electron chi connectivity index (χ4n) is 4.55. The van der Waals surface area contributed by atoms with Crippen LogP contribution in [0.5, 0.6) is 5.75 Å². The second-order valence-electron chi connectivity index (χ2n) is 9.63. The number of hydrazone groups is 1. The molecule has 0 saturated carbocycles. The molecule has 2 heterocycles. The van der Waals surface area contributed by atoms with Crippen LogP contribution < -0.4 is 15.5 Å². The van der Waals surface area contributed by atoms with Gasteiger partial charge in [0, 0.05) is 15.0 Å². The Balaban J connectivity index is 1.18. The Morgan fingerprint density at radius 1 is 1.05 bits per heavy atom. The van der Waals surface area contributed by atoms with Gasteiger partial charge in [-0.3, -0.25) is 9.59 Å². The lowest BCUT2D eigenvalue weighted by atomic mass is 9.88. The molecule has 2 aromatic carbocycles. The highest BCUT2D eigenvalue weighted by atomic mass is 35.5. The number of benzene rings is 2. The van der Waals surface area contributed by atoms with Crippen LogP contribution in [-0.4, -0.2) is 36.6 Å². The van der Waals surface area contributed by atoms with E-state index in [9.17, 15) is 19.2 Å². The first kappa shape index (κ1) is 29.4. The number of hydrogen-bond acceptors (Lipinski definition) is 9. The molecule has 0 saturated heterocycles. The Morgan fingerprint density at radius 3 is 2.55 bits per heavy atom. The van der Waals surface area contributed by atoms with Crippen LogP contribution in [0.15, 0.2) is 53.6 Å². The van der Waals surface area contributed by atoms with Gasteiger partial charge in [0.2, 0.25) is 0 Å². The first-order chi connectivity index (χ1) is 20.2. The van der Waals surface area contributed by atoms with Gasteiger partial charge in [0.25, 0.3) is 0 Å². The van der Waals surface area contributed by atoms with Crippen LogP contribution in [0.1, 0.15) is 56.3 Å². The van der Waals surface area contributed by atoms with Gasteiger partial charge in [-0.05, 0) is 73.6 Å². The largest absolute Gasteiger partial charge is 0.462 e. The number of nitrogens with zero attached hydrogens (tertiary/aromatic N) is 1. The normalized spacial score (nSPS) is 14.4.